The van der Waals surface area contributed by atoms with Crippen molar-refractivity contribution in [1.82, 2.24) is 15.5 Å². The molecule has 7 nitrogen and oxygen atoms in total. The number of thioether (sulfide) groups is 1. The Bertz CT molecular complexity index is 705. The van der Waals surface area contributed by atoms with Crippen molar-refractivity contribution in [3.05, 3.63) is 18.4 Å². The number of carbonyl (C=O) groups excluding carboxylic acids is 1. The summed E-state index contributed by atoms with van der Waals surface area (Å²) in [6.45, 7) is 7.19. The SMILES string of the molecule is CC(C)[C@@](C)(C#N)NC(=O)[C@H](C)Sc1nnc(-c2ccco2)o1. The van der Waals surface area contributed by atoms with E-state index in [1.165, 1.54) is 6.26 Å². The first-order valence-corrected chi connectivity index (χ1v) is 8.01. The van der Waals surface area contributed by atoms with Crippen LogP contribution < -0.4 is 5.32 Å². The molecule has 2 heterocycles. The predicted octanol–water partition coefficient (Wildman–Crippen LogP) is 2.86. The molecule has 0 spiro atoms. The van der Waals surface area contributed by atoms with Gasteiger partial charge in [0, 0.05) is 0 Å². The van der Waals surface area contributed by atoms with Crippen LogP contribution in [-0.2, 0) is 4.79 Å². The summed E-state index contributed by atoms with van der Waals surface area (Å²) in [4.78, 5) is 12.3. The summed E-state index contributed by atoms with van der Waals surface area (Å²) < 4.78 is 10.6. The van der Waals surface area contributed by atoms with Gasteiger partial charge in [-0.25, -0.2) is 0 Å². The summed E-state index contributed by atoms with van der Waals surface area (Å²) in [5, 5.41) is 19.6. The van der Waals surface area contributed by atoms with Gasteiger partial charge in [0.1, 0.15) is 5.54 Å². The standard InChI is InChI=1S/C15H18N4O3S/c1-9(2)15(4,8-16)17-12(20)10(3)23-14-19-18-13(22-14)11-6-5-7-21-11/h5-7,9-10H,1-4H3,(H,17,20)/t10-,15+/m0/s1. The van der Waals surface area contributed by atoms with Crippen LogP contribution in [0.25, 0.3) is 11.7 Å². The predicted molar refractivity (Wildman–Crippen MR) is 84.3 cm³/mol. The smallest absolute Gasteiger partial charge is 0.284 e. The van der Waals surface area contributed by atoms with Gasteiger partial charge in [-0.15, -0.1) is 10.2 Å². The van der Waals surface area contributed by atoms with Crippen LogP contribution in [0.3, 0.4) is 0 Å². The van der Waals surface area contributed by atoms with Gasteiger partial charge in [0.15, 0.2) is 5.76 Å². The summed E-state index contributed by atoms with van der Waals surface area (Å²) in [5.74, 6) is 0.459. The molecule has 23 heavy (non-hydrogen) atoms. The maximum atomic E-state index is 12.3. The molecule has 0 fully saturated rings. The summed E-state index contributed by atoms with van der Waals surface area (Å²) >= 11 is 1.13. The zero-order chi connectivity index (χ0) is 17.0. The summed E-state index contributed by atoms with van der Waals surface area (Å²) in [5.41, 5.74) is -0.917. The molecule has 0 bridgehead atoms. The van der Waals surface area contributed by atoms with E-state index in [4.69, 9.17) is 8.83 Å². The molecule has 2 rings (SSSR count). The number of carbonyl (C=O) groups is 1. The third-order valence-electron chi connectivity index (χ3n) is 3.56. The van der Waals surface area contributed by atoms with Crippen molar-refractivity contribution >= 4 is 17.7 Å². The van der Waals surface area contributed by atoms with Gasteiger partial charge in [0.25, 0.3) is 11.1 Å². The van der Waals surface area contributed by atoms with Crippen molar-refractivity contribution in [3.63, 3.8) is 0 Å². The molecule has 0 aliphatic rings. The van der Waals surface area contributed by atoms with E-state index in [0.717, 1.165) is 11.8 Å². The molecule has 2 aromatic rings. The molecular formula is C15H18N4O3S. The van der Waals surface area contributed by atoms with E-state index >= 15 is 0 Å². The number of amides is 1. The Kier molecular flexibility index (Phi) is 5.11. The lowest BCUT2D eigenvalue weighted by atomic mass is 9.90. The van der Waals surface area contributed by atoms with Crippen molar-refractivity contribution < 1.29 is 13.6 Å². The molecule has 0 radical (unpaired) electrons. The minimum Gasteiger partial charge on any atom is -0.459 e. The van der Waals surface area contributed by atoms with Crippen LogP contribution in [0.2, 0.25) is 0 Å². The number of nitrogens with zero attached hydrogens (tertiary/aromatic N) is 3. The largest absolute Gasteiger partial charge is 0.459 e. The highest BCUT2D eigenvalue weighted by molar-refractivity contribution is 8.00. The number of hydrogen-bond donors (Lipinski definition) is 1. The lowest BCUT2D eigenvalue weighted by Crippen LogP contribution is -2.51. The average molecular weight is 334 g/mol. The number of furan rings is 1. The van der Waals surface area contributed by atoms with Crippen molar-refractivity contribution in [2.45, 2.75) is 43.7 Å². The van der Waals surface area contributed by atoms with Crippen molar-refractivity contribution in [3.8, 4) is 17.7 Å². The lowest BCUT2D eigenvalue weighted by molar-refractivity contribution is -0.121. The minimum absolute atomic E-state index is 0.0115. The van der Waals surface area contributed by atoms with Gasteiger partial charge >= 0.3 is 0 Å². The number of hydrogen-bond acceptors (Lipinski definition) is 7. The zero-order valence-electron chi connectivity index (χ0n) is 13.4. The van der Waals surface area contributed by atoms with Crippen LogP contribution in [0.15, 0.2) is 32.5 Å². The molecule has 0 aromatic carbocycles. The highest BCUT2D eigenvalue weighted by atomic mass is 32.2. The Balaban J connectivity index is 2.00. The maximum Gasteiger partial charge on any atom is 0.284 e. The summed E-state index contributed by atoms with van der Waals surface area (Å²) in [6, 6.07) is 5.57. The van der Waals surface area contributed by atoms with Gasteiger partial charge in [0.2, 0.25) is 5.91 Å². The molecule has 2 aromatic heterocycles. The van der Waals surface area contributed by atoms with Gasteiger partial charge in [-0.2, -0.15) is 5.26 Å². The van der Waals surface area contributed by atoms with Gasteiger partial charge in [0.05, 0.1) is 17.6 Å². The number of aromatic nitrogens is 2. The summed E-state index contributed by atoms with van der Waals surface area (Å²) in [6.07, 6.45) is 1.51. The molecule has 0 aliphatic carbocycles. The Morgan fingerprint density at radius 2 is 2.17 bits per heavy atom. The van der Waals surface area contributed by atoms with E-state index in [0.29, 0.717) is 5.76 Å². The second kappa shape index (κ2) is 6.87. The first kappa shape index (κ1) is 17.1. The Hall–Kier alpha value is -2.27. The van der Waals surface area contributed by atoms with Crippen LogP contribution in [-0.4, -0.2) is 26.9 Å². The monoisotopic (exact) mass is 334 g/mol. The molecule has 1 amide bonds. The van der Waals surface area contributed by atoms with E-state index in [-0.39, 0.29) is 22.9 Å². The zero-order valence-corrected chi connectivity index (χ0v) is 14.2. The van der Waals surface area contributed by atoms with E-state index < -0.39 is 10.8 Å². The van der Waals surface area contributed by atoms with Crippen LogP contribution in [0.1, 0.15) is 27.7 Å². The van der Waals surface area contributed by atoms with E-state index in [2.05, 4.69) is 21.6 Å². The molecule has 122 valence electrons. The molecule has 1 N–H and O–H groups in total. The van der Waals surface area contributed by atoms with Gasteiger partial charge in [-0.1, -0.05) is 25.6 Å². The second-order valence-electron chi connectivity index (χ2n) is 5.57. The Morgan fingerprint density at radius 1 is 1.43 bits per heavy atom. The van der Waals surface area contributed by atoms with Gasteiger partial charge < -0.3 is 14.2 Å². The normalized spacial score (nSPS) is 15.0. The van der Waals surface area contributed by atoms with Crippen LogP contribution in [0.4, 0.5) is 0 Å². The first-order chi connectivity index (χ1) is 10.9. The number of nitriles is 1. The van der Waals surface area contributed by atoms with E-state index in [1.54, 1.807) is 26.0 Å². The fourth-order valence-electron chi connectivity index (χ4n) is 1.62. The van der Waals surface area contributed by atoms with Crippen LogP contribution in [0.5, 0.6) is 0 Å². The topological polar surface area (TPSA) is 105 Å². The highest BCUT2D eigenvalue weighted by Crippen LogP contribution is 2.27. The van der Waals surface area contributed by atoms with Gasteiger partial charge in [-0.3, -0.25) is 4.79 Å². The first-order valence-electron chi connectivity index (χ1n) is 7.13. The Labute approximate surface area is 138 Å². The molecule has 0 aliphatic heterocycles. The molecule has 8 heteroatoms. The van der Waals surface area contributed by atoms with Crippen LogP contribution in [0, 0.1) is 17.2 Å². The fourth-order valence-corrected chi connectivity index (χ4v) is 2.30. The third kappa shape index (κ3) is 3.93. The van der Waals surface area contributed by atoms with Crippen molar-refractivity contribution in [1.29, 1.82) is 5.26 Å². The van der Waals surface area contributed by atoms with Crippen molar-refractivity contribution in [2.24, 2.45) is 5.92 Å². The van der Waals surface area contributed by atoms with E-state index in [9.17, 15) is 10.1 Å². The fraction of sp³-hybridized carbons (Fsp3) is 0.467. The molecular weight excluding hydrogens is 316 g/mol. The minimum atomic E-state index is -0.917. The van der Waals surface area contributed by atoms with Crippen LogP contribution >= 0.6 is 11.8 Å². The van der Waals surface area contributed by atoms with E-state index in [1.807, 2.05) is 13.8 Å². The molecule has 0 unspecified atom stereocenters. The lowest BCUT2D eigenvalue weighted by Gasteiger charge is -2.28. The average Bonchev–Trinajstić information content (AvgIpc) is 3.17. The molecule has 2 atom stereocenters. The second-order valence-corrected chi connectivity index (χ2v) is 6.86. The van der Waals surface area contributed by atoms with Crippen molar-refractivity contribution in [2.75, 3.05) is 0 Å². The molecule has 0 saturated carbocycles. The number of rotatable bonds is 6. The third-order valence-corrected chi connectivity index (χ3v) is 4.49. The quantitative estimate of drug-likeness (QED) is 0.810. The highest BCUT2D eigenvalue weighted by Gasteiger charge is 2.32. The van der Waals surface area contributed by atoms with Gasteiger partial charge in [-0.05, 0) is 31.9 Å². The summed E-state index contributed by atoms with van der Waals surface area (Å²) in [7, 11) is 0. The Morgan fingerprint density at radius 3 is 2.74 bits per heavy atom. The number of nitrogens with one attached hydrogen (secondary N) is 1. The molecule has 0 saturated heterocycles. The maximum absolute atomic E-state index is 12.3.